The molecule has 118 valence electrons. The Labute approximate surface area is 127 Å². The number of methoxy groups -OCH3 is 1. The van der Waals surface area contributed by atoms with Gasteiger partial charge in [0.25, 0.3) is 0 Å². The van der Waals surface area contributed by atoms with Crippen LogP contribution in [0.3, 0.4) is 0 Å². The summed E-state index contributed by atoms with van der Waals surface area (Å²) >= 11 is 0. The van der Waals surface area contributed by atoms with Crippen LogP contribution in [0, 0.1) is 5.92 Å². The Balaban J connectivity index is 2.46. The van der Waals surface area contributed by atoms with Gasteiger partial charge in [0.1, 0.15) is 5.75 Å². The molecule has 1 aromatic rings. The summed E-state index contributed by atoms with van der Waals surface area (Å²) in [5.74, 6) is 1.07. The predicted molar refractivity (Wildman–Crippen MR) is 84.5 cm³/mol. The molecular formula is C17H27NO3. The fourth-order valence-corrected chi connectivity index (χ4v) is 2.11. The second kappa shape index (κ2) is 8.67. The number of aliphatic hydroxyl groups excluding tert-OH is 1. The van der Waals surface area contributed by atoms with E-state index in [1.807, 2.05) is 45.0 Å². The highest BCUT2D eigenvalue weighted by molar-refractivity contribution is 5.76. The lowest BCUT2D eigenvalue weighted by Crippen LogP contribution is -2.35. The second-order valence-corrected chi connectivity index (χ2v) is 5.64. The van der Waals surface area contributed by atoms with Gasteiger partial charge >= 0.3 is 0 Å². The summed E-state index contributed by atoms with van der Waals surface area (Å²) in [6.45, 7) is 6.34. The van der Waals surface area contributed by atoms with Crippen molar-refractivity contribution in [3.05, 3.63) is 29.8 Å². The van der Waals surface area contributed by atoms with E-state index in [0.29, 0.717) is 13.0 Å². The van der Waals surface area contributed by atoms with Gasteiger partial charge in [-0.2, -0.15) is 0 Å². The molecule has 0 aliphatic heterocycles. The van der Waals surface area contributed by atoms with Crippen molar-refractivity contribution in [2.75, 3.05) is 13.7 Å². The molecule has 21 heavy (non-hydrogen) atoms. The summed E-state index contributed by atoms with van der Waals surface area (Å²) in [5.41, 5.74) is 1.08. The van der Waals surface area contributed by atoms with E-state index >= 15 is 0 Å². The maximum absolute atomic E-state index is 11.9. The maximum atomic E-state index is 11.9. The van der Waals surface area contributed by atoms with E-state index in [-0.39, 0.29) is 17.7 Å². The number of carbonyl (C=O) groups is 1. The van der Waals surface area contributed by atoms with E-state index in [2.05, 4.69) is 5.32 Å². The average molecular weight is 293 g/mol. The number of aliphatic hydroxyl groups is 1. The van der Waals surface area contributed by atoms with Crippen LogP contribution in [0.15, 0.2) is 24.3 Å². The Bertz CT molecular complexity index is 447. The molecule has 0 saturated carbocycles. The number of hydrogen-bond donors (Lipinski definition) is 2. The normalized spacial score (nSPS) is 15.1. The first kappa shape index (κ1) is 17.5. The number of carbonyl (C=O) groups excluding carboxylic acids is 1. The van der Waals surface area contributed by atoms with Gasteiger partial charge in [-0.25, -0.2) is 0 Å². The van der Waals surface area contributed by atoms with Crippen LogP contribution in [-0.2, 0) is 4.79 Å². The SMILES string of the molecule is CCC(C)C(O)CNC(=O)CC(C)c1cccc(OC)c1. The first-order valence-electron chi connectivity index (χ1n) is 7.56. The summed E-state index contributed by atoms with van der Waals surface area (Å²) < 4.78 is 5.19. The standard InChI is InChI=1S/C17H27NO3/c1-5-12(2)16(19)11-18-17(20)9-13(3)14-7-6-8-15(10-14)21-4/h6-8,10,12-13,16,19H,5,9,11H2,1-4H3,(H,18,20). The fourth-order valence-electron chi connectivity index (χ4n) is 2.11. The number of amides is 1. The molecule has 1 rings (SSSR count). The molecular weight excluding hydrogens is 266 g/mol. The molecule has 1 amide bonds. The van der Waals surface area contributed by atoms with Gasteiger partial charge in [-0.15, -0.1) is 0 Å². The molecule has 0 spiro atoms. The van der Waals surface area contributed by atoms with Crippen molar-refractivity contribution in [3.8, 4) is 5.75 Å². The van der Waals surface area contributed by atoms with E-state index in [4.69, 9.17) is 4.74 Å². The second-order valence-electron chi connectivity index (χ2n) is 5.64. The smallest absolute Gasteiger partial charge is 0.220 e. The quantitative estimate of drug-likeness (QED) is 0.775. The molecule has 3 atom stereocenters. The van der Waals surface area contributed by atoms with Crippen LogP contribution in [0.5, 0.6) is 5.75 Å². The molecule has 4 nitrogen and oxygen atoms in total. The van der Waals surface area contributed by atoms with Gasteiger partial charge in [-0.1, -0.05) is 39.3 Å². The van der Waals surface area contributed by atoms with Crippen molar-refractivity contribution in [1.29, 1.82) is 0 Å². The summed E-state index contributed by atoms with van der Waals surface area (Å²) in [7, 11) is 1.63. The van der Waals surface area contributed by atoms with Crippen molar-refractivity contribution in [1.82, 2.24) is 5.32 Å². The molecule has 1 aromatic carbocycles. The zero-order valence-electron chi connectivity index (χ0n) is 13.4. The Hall–Kier alpha value is -1.55. The lowest BCUT2D eigenvalue weighted by atomic mass is 9.97. The predicted octanol–water partition coefficient (Wildman–Crippen LogP) is 2.71. The Morgan fingerprint density at radius 2 is 2.10 bits per heavy atom. The van der Waals surface area contributed by atoms with Crippen molar-refractivity contribution in [3.63, 3.8) is 0 Å². The minimum absolute atomic E-state index is 0.0346. The molecule has 0 aliphatic carbocycles. The highest BCUT2D eigenvalue weighted by atomic mass is 16.5. The topological polar surface area (TPSA) is 58.6 Å². The van der Waals surface area contributed by atoms with Crippen LogP contribution >= 0.6 is 0 Å². The van der Waals surface area contributed by atoms with Crippen LogP contribution in [0.25, 0.3) is 0 Å². The van der Waals surface area contributed by atoms with Crippen LogP contribution in [0.1, 0.15) is 45.1 Å². The first-order chi connectivity index (χ1) is 9.97. The Morgan fingerprint density at radius 3 is 2.71 bits per heavy atom. The molecule has 0 aliphatic rings. The van der Waals surface area contributed by atoms with Gasteiger partial charge < -0.3 is 15.2 Å². The summed E-state index contributed by atoms with van der Waals surface area (Å²) in [6.07, 6.45) is 0.823. The van der Waals surface area contributed by atoms with E-state index < -0.39 is 6.10 Å². The largest absolute Gasteiger partial charge is 0.497 e. The molecule has 0 bridgehead atoms. The lowest BCUT2D eigenvalue weighted by Gasteiger charge is -2.18. The van der Waals surface area contributed by atoms with Gasteiger partial charge in [-0.3, -0.25) is 4.79 Å². The molecule has 0 radical (unpaired) electrons. The van der Waals surface area contributed by atoms with Crippen LogP contribution < -0.4 is 10.1 Å². The molecule has 0 saturated heterocycles. The zero-order chi connectivity index (χ0) is 15.8. The Kier molecular flexibility index (Phi) is 7.23. The van der Waals surface area contributed by atoms with E-state index in [1.54, 1.807) is 7.11 Å². The highest BCUT2D eigenvalue weighted by Gasteiger charge is 2.15. The Morgan fingerprint density at radius 1 is 1.38 bits per heavy atom. The van der Waals surface area contributed by atoms with Crippen LogP contribution in [-0.4, -0.2) is 30.8 Å². The minimum atomic E-state index is -0.480. The molecule has 0 aromatic heterocycles. The van der Waals surface area contributed by atoms with Gasteiger partial charge in [0.15, 0.2) is 0 Å². The fraction of sp³-hybridized carbons (Fsp3) is 0.588. The summed E-state index contributed by atoms with van der Waals surface area (Å²) in [5, 5.41) is 12.7. The molecule has 2 N–H and O–H groups in total. The molecule has 0 fully saturated rings. The molecule has 4 heteroatoms. The van der Waals surface area contributed by atoms with Crippen molar-refractivity contribution in [2.45, 2.75) is 45.6 Å². The average Bonchev–Trinajstić information content (AvgIpc) is 2.51. The third-order valence-corrected chi connectivity index (χ3v) is 3.96. The van der Waals surface area contributed by atoms with Crippen molar-refractivity contribution < 1.29 is 14.6 Å². The lowest BCUT2D eigenvalue weighted by molar-refractivity contribution is -0.122. The van der Waals surface area contributed by atoms with E-state index in [9.17, 15) is 9.90 Å². The molecule has 0 heterocycles. The number of rotatable bonds is 8. The summed E-state index contributed by atoms with van der Waals surface area (Å²) in [4.78, 5) is 11.9. The van der Waals surface area contributed by atoms with Crippen molar-refractivity contribution >= 4 is 5.91 Å². The monoisotopic (exact) mass is 293 g/mol. The highest BCUT2D eigenvalue weighted by Crippen LogP contribution is 2.23. The number of nitrogens with one attached hydrogen (secondary N) is 1. The third kappa shape index (κ3) is 5.76. The zero-order valence-corrected chi connectivity index (χ0v) is 13.4. The van der Waals surface area contributed by atoms with Gasteiger partial charge in [0.05, 0.1) is 13.2 Å². The number of ether oxygens (including phenoxy) is 1. The minimum Gasteiger partial charge on any atom is -0.497 e. The van der Waals surface area contributed by atoms with Gasteiger partial charge in [0, 0.05) is 13.0 Å². The van der Waals surface area contributed by atoms with Crippen LogP contribution in [0.2, 0.25) is 0 Å². The van der Waals surface area contributed by atoms with E-state index in [1.165, 1.54) is 0 Å². The first-order valence-corrected chi connectivity index (χ1v) is 7.56. The van der Waals surface area contributed by atoms with E-state index in [0.717, 1.165) is 17.7 Å². The van der Waals surface area contributed by atoms with Crippen molar-refractivity contribution in [2.24, 2.45) is 5.92 Å². The summed E-state index contributed by atoms with van der Waals surface area (Å²) in [6, 6.07) is 7.76. The van der Waals surface area contributed by atoms with Gasteiger partial charge in [0.2, 0.25) is 5.91 Å². The number of benzene rings is 1. The third-order valence-electron chi connectivity index (χ3n) is 3.96. The molecule has 3 unspecified atom stereocenters. The van der Waals surface area contributed by atoms with Gasteiger partial charge in [-0.05, 0) is 29.5 Å². The number of hydrogen-bond acceptors (Lipinski definition) is 3. The van der Waals surface area contributed by atoms with Crippen LogP contribution in [0.4, 0.5) is 0 Å². The maximum Gasteiger partial charge on any atom is 0.220 e.